The van der Waals surface area contributed by atoms with E-state index in [1.165, 1.54) is 5.56 Å². The molecule has 6 nitrogen and oxygen atoms in total. The number of imidazole rings is 1. The van der Waals surface area contributed by atoms with E-state index in [9.17, 15) is 0 Å². The lowest BCUT2D eigenvalue weighted by atomic mass is 10.1. The lowest BCUT2D eigenvalue weighted by Crippen LogP contribution is -2.02. The molecule has 140 valence electrons. The van der Waals surface area contributed by atoms with Gasteiger partial charge in [0.2, 0.25) is 5.95 Å². The van der Waals surface area contributed by atoms with Gasteiger partial charge < -0.3 is 15.2 Å². The highest BCUT2D eigenvalue weighted by atomic mass is 16.5. The highest BCUT2D eigenvalue weighted by Gasteiger charge is 2.08. The monoisotopic (exact) mass is 364 g/mol. The number of anilines is 1. The van der Waals surface area contributed by atoms with Crippen molar-refractivity contribution in [1.82, 2.24) is 9.66 Å². The van der Waals surface area contributed by atoms with Gasteiger partial charge in [0.05, 0.1) is 25.2 Å². The van der Waals surface area contributed by atoms with Gasteiger partial charge in [-0.25, -0.2) is 9.66 Å². The van der Waals surface area contributed by atoms with Crippen molar-refractivity contribution in [1.29, 1.82) is 0 Å². The molecule has 27 heavy (non-hydrogen) atoms. The fourth-order valence-corrected chi connectivity index (χ4v) is 2.75. The summed E-state index contributed by atoms with van der Waals surface area (Å²) in [5, 5.41) is 4.36. The molecule has 1 heterocycles. The molecule has 0 bridgehead atoms. The normalized spacial score (nSPS) is 11.1. The van der Waals surface area contributed by atoms with Crippen molar-refractivity contribution in [3.8, 4) is 11.5 Å². The van der Waals surface area contributed by atoms with Crippen LogP contribution >= 0.6 is 0 Å². The van der Waals surface area contributed by atoms with Crippen LogP contribution in [0.15, 0.2) is 47.7 Å². The quantitative estimate of drug-likeness (QED) is 0.674. The summed E-state index contributed by atoms with van der Waals surface area (Å²) in [4.78, 5) is 4.13. The van der Waals surface area contributed by atoms with E-state index in [1.54, 1.807) is 24.2 Å². The van der Waals surface area contributed by atoms with Crippen LogP contribution in [0.25, 0.3) is 0 Å². The van der Waals surface area contributed by atoms with Crippen LogP contribution in [0.3, 0.4) is 0 Å². The molecule has 6 heteroatoms. The summed E-state index contributed by atoms with van der Waals surface area (Å²) in [6.45, 7) is 6.41. The molecule has 0 aliphatic heterocycles. The zero-order valence-corrected chi connectivity index (χ0v) is 16.1. The van der Waals surface area contributed by atoms with Gasteiger partial charge in [0.15, 0.2) is 0 Å². The smallest absolute Gasteiger partial charge is 0.221 e. The Morgan fingerprint density at radius 1 is 1.15 bits per heavy atom. The Labute approximate surface area is 159 Å². The molecule has 2 aromatic carbocycles. The number of rotatable bonds is 6. The van der Waals surface area contributed by atoms with E-state index in [4.69, 9.17) is 15.2 Å². The molecule has 2 N–H and O–H groups in total. The lowest BCUT2D eigenvalue weighted by molar-refractivity contribution is 0.294. The van der Waals surface area contributed by atoms with Gasteiger partial charge in [0.25, 0.3) is 0 Å². The number of nitrogens with two attached hydrogens (primary N) is 1. The number of methoxy groups -OCH3 is 1. The summed E-state index contributed by atoms with van der Waals surface area (Å²) >= 11 is 0. The second kappa shape index (κ2) is 7.95. The number of nitrogens with zero attached hydrogens (tertiary/aromatic N) is 3. The third-order valence-electron chi connectivity index (χ3n) is 4.41. The van der Waals surface area contributed by atoms with Crippen LogP contribution in [0.1, 0.15) is 27.9 Å². The van der Waals surface area contributed by atoms with Gasteiger partial charge in [0, 0.05) is 5.56 Å². The lowest BCUT2D eigenvalue weighted by Gasteiger charge is -2.13. The molecule has 0 saturated heterocycles. The molecule has 0 atom stereocenters. The minimum absolute atomic E-state index is 0.357. The van der Waals surface area contributed by atoms with E-state index in [0.29, 0.717) is 12.6 Å². The number of aryl methyl sites for hydroxylation is 2. The molecule has 0 spiro atoms. The first-order valence-corrected chi connectivity index (χ1v) is 8.69. The number of hydrogen-bond donors (Lipinski definition) is 1. The zero-order chi connectivity index (χ0) is 19.4. The Kier molecular flexibility index (Phi) is 5.45. The number of benzene rings is 2. The van der Waals surface area contributed by atoms with E-state index in [2.05, 4.69) is 30.0 Å². The zero-order valence-electron chi connectivity index (χ0n) is 16.1. The SMILES string of the molecule is COc1ccc(C=Nn2cc(C)nc2N)cc1COc1cccc(C)c1C. The van der Waals surface area contributed by atoms with Gasteiger partial charge in [-0.2, -0.15) is 5.10 Å². The molecule has 0 aliphatic carbocycles. The Balaban J connectivity index is 1.81. The predicted molar refractivity (Wildman–Crippen MR) is 108 cm³/mol. The Morgan fingerprint density at radius 3 is 2.67 bits per heavy atom. The van der Waals surface area contributed by atoms with E-state index in [0.717, 1.165) is 33.9 Å². The molecule has 0 fully saturated rings. The third kappa shape index (κ3) is 4.28. The van der Waals surface area contributed by atoms with Crippen LogP contribution in [0, 0.1) is 20.8 Å². The molecule has 0 unspecified atom stereocenters. The minimum atomic E-state index is 0.357. The summed E-state index contributed by atoms with van der Waals surface area (Å²) in [7, 11) is 1.65. The largest absolute Gasteiger partial charge is 0.496 e. The molecule has 0 radical (unpaired) electrons. The average Bonchev–Trinajstić information content (AvgIpc) is 2.98. The highest BCUT2D eigenvalue weighted by Crippen LogP contribution is 2.25. The van der Waals surface area contributed by atoms with Gasteiger partial charge in [-0.05, 0) is 61.7 Å². The van der Waals surface area contributed by atoms with E-state index in [-0.39, 0.29) is 0 Å². The van der Waals surface area contributed by atoms with Crippen molar-refractivity contribution in [2.75, 3.05) is 12.8 Å². The maximum Gasteiger partial charge on any atom is 0.221 e. The Bertz CT molecular complexity index is 976. The van der Waals surface area contributed by atoms with Crippen molar-refractivity contribution >= 4 is 12.2 Å². The second-order valence-corrected chi connectivity index (χ2v) is 6.39. The summed E-state index contributed by atoms with van der Waals surface area (Å²) in [6, 6.07) is 11.9. The standard InChI is InChI=1S/C21H24N4O2/c1-14-6-5-7-19(16(14)3)27-13-18-10-17(8-9-20(18)26-4)11-23-25-12-15(2)24-21(25)22/h5-12H,13H2,1-4H3,(H2,22,24). The van der Waals surface area contributed by atoms with Crippen LogP contribution in [0.4, 0.5) is 5.95 Å². The molecule has 0 aliphatic rings. The van der Waals surface area contributed by atoms with Crippen LogP contribution in [-0.4, -0.2) is 23.0 Å². The van der Waals surface area contributed by atoms with Crippen molar-refractivity contribution in [3.63, 3.8) is 0 Å². The molecular weight excluding hydrogens is 340 g/mol. The average molecular weight is 364 g/mol. The summed E-state index contributed by atoms with van der Waals surface area (Å²) in [5.74, 6) is 2.00. The van der Waals surface area contributed by atoms with Crippen molar-refractivity contribution in [3.05, 3.63) is 70.5 Å². The van der Waals surface area contributed by atoms with Gasteiger partial charge in [-0.15, -0.1) is 0 Å². The first kappa shape index (κ1) is 18.5. The number of aromatic nitrogens is 2. The van der Waals surface area contributed by atoms with Crippen molar-refractivity contribution < 1.29 is 9.47 Å². The molecular formula is C21H24N4O2. The van der Waals surface area contributed by atoms with E-state index < -0.39 is 0 Å². The van der Waals surface area contributed by atoms with Gasteiger partial charge in [-0.1, -0.05) is 12.1 Å². The van der Waals surface area contributed by atoms with Gasteiger partial charge in [0.1, 0.15) is 18.1 Å². The maximum atomic E-state index is 6.03. The molecule has 0 amide bonds. The van der Waals surface area contributed by atoms with E-state index >= 15 is 0 Å². The Hall–Kier alpha value is -3.28. The van der Waals surface area contributed by atoms with Crippen LogP contribution in [0.5, 0.6) is 11.5 Å². The first-order valence-electron chi connectivity index (χ1n) is 8.69. The van der Waals surface area contributed by atoms with Gasteiger partial charge in [-0.3, -0.25) is 0 Å². The summed E-state index contributed by atoms with van der Waals surface area (Å²) < 4.78 is 13.0. The topological polar surface area (TPSA) is 74.7 Å². The highest BCUT2D eigenvalue weighted by molar-refractivity contribution is 5.80. The predicted octanol–water partition coefficient (Wildman–Crippen LogP) is 3.86. The summed E-state index contributed by atoms with van der Waals surface area (Å²) in [5.41, 5.74) is 10.8. The number of nitrogen functional groups attached to an aromatic ring is 1. The second-order valence-electron chi connectivity index (χ2n) is 6.39. The van der Waals surface area contributed by atoms with Crippen molar-refractivity contribution in [2.45, 2.75) is 27.4 Å². The van der Waals surface area contributed by atoms with Gasteiger partial charge >= 0.3 is 0 Å². The fourth-order valence-electron chi connectivity index (χ4n) is 2.75. The molecule has 3 aromatic rings. The van der Waals surface area contributed by atoms with E-state index in [1.807, 2.05) is 37.3 Å². The number of ether oxygens (including phenoxy) is 2. The van der Waals surface area contributed by atoms with Crippen molar-refractivity contribution in [2.24, 2.45) is 5.10 Å². The molecule has 1 aromatic heterocycles. The third-order valence-corrected chi connectivity index (χ3v) is 4.41. The minimum Gasteiger partial charge on any atom is -0.496 e. The van der Waals surface area contributed by atoms with Crippen LogP contribution in [0.2, 0.25) is 0 Å². The summed E-state index contributed by atoms with van der Waals surface area (Å²) in [6.07, 6.45) is 3.51. The van der Waals surface area contributed by atoms with Crippen LogP contribution < -0.4 is 15.2 Å². The first-order chi connectivity index (χ1) is 13.0. The maximum absolute atomic E-state index is 6.03. The molecule has 0 saturated carbocycles. The fraction of sp³-hybridized carbons (Fsp3) is 0.238. The number of hydrogen-bond acceptors (Lipinski definition) is 5. The van der Waals surface area contributed by atoms with Crippen LogP contribution in [-0.2, 0) is 6.61 Å². The Morgan fingerprint density at radius 2 is 1.96 bits per heavy atom. The molecule has 3 rings (SSSR count).